The molecule has 5 N–H and O–H groups in total. The molecule has 0 bridgehead atoms. The van der Waals surface area contributed by atoms with Gasteiger partial charge in [0.05, 0.1) is 24.7 Å². The second-order valence-corrected chi connectivity index (χ2v) is 8.79. The number of carbonyl (C=O) groups excluding carboxylic acids is 2. The van der Waals surface area contributed by atoms with Crippen LogP contribution in [-0.2, 0) is 10.2 Å². The van der Waals surface area contributed by atoms with Gasteiger partial charge in [0.15, 0.2) is 11.6 Å². The summed E-state index contributed by atoms with van der Waals surface area (Å²) in [5.41, 5.74) is 7.66. The van der Waals surface area contributed by atoms with Gasteiger partial charge in [0.2, 0.25) is 5.95 Å². The molecule has 0 fully saturated rings. The van der Waals surface area contributed by atoms with Gasteiger partial charge in [-0.15, -0.1) is 0 Å². The second-order valence-electron chi connectivity index (χ2n) is 8.79. The van der Waals surface area contributed by atoms with E-state index in [9.17, 15) is 9.59 Å². The summed E-state index contributed by atoms with van der Waals surface area (Å²) in [4.78, 5) is 48.8. The Morgan fingerprint density at radius 1 is 1.18 bits per heavy atom. The Balaban J connectivity index is 1.99. The van der Waals surface area contributed by atoms with Crippen LogP contribution < -0.4 is 16.4 Å². The number of hydrogen-bond acceptors (Lipinski definition) is 10. The largest absolute Gasteiger partial charge is 0.453 e. The van der Waals surface area contributed by atoms with E-state index >= 15 is 0 Å². The first-order valence-electron chi connectivity index (χ1n) is 10.7. The van der Waals surface area contributed by atoms with E-state index < -0.39 is 6.09 Å². The van der Waals surface area contributed by atoms with Crippen molar-refractivity contribution in [2.24, 2.45) is 0 Å². The Morgan fingerprint density at radius 3 is 2.56 bits per heavy atom. The van der Waals surface area contributed by atoms with Crippen molar-refractivity contribution in [2.45, 2.75) is 46.1 Å². The summed E-state index contributed by atoms with van der Waals surface area (Å²) in [6.45, 7) is 9.66. The van der Waals surface area contributed by atoms with E-state index in [-0.39, 0.29) is 28.8 Å². The minimum atomic E-state index is -0.518. The number of methoxy groups -OCH3 is 1. The SMILES string of the molecule is COC(=O)N[C@@H](C)CNc1nccc(-c2[nH]c(C(C)(C)C)nc2-c2cnc(N)c(C(C)=O)n2)n1. The second kappa shape index (κ2) is 9.81. The maximum Gasteiger partial charge on any atom is 0.407 e. The van der Waals surface area contributed by atoms with E-state index in [1.54, 1.807) is 12.3 Å². The summed E-state index contributed by atoms with van der Waals surface area (Å²) in [5.74, 6) is 0.849. The average Bonchev–Trinajstić information content (AvgIpc) is 3.24. The molecule has 3 aromatic rings. The molecular weight excluding hydrogens is 438 g/mol. The van der Waals surface area contributed by atoms with Gasteiger partial charge in [-0.3, -0.25) is 4.79 Å². The number of nitrogens with one attached hydrogen (secondary N) is 3. The highest BCUT2D eigenvalue weighted by Gasteiger charge is 2.25. The number of aromatic amines is 1. The van der Waals surface area contributed by atoms with Crippen molar-refractivity contribution in [1.82, 2.24) is 35.2 Å². The van der Waals surface area contributed by atoms with Gasteiger partial charge in [0.25, 0.3) is 0 Å². The number of hydrogen-bond donors (Lipinski definition) is 4. The zero-order valence-corrected chi connectivity index (χ0v) is 20.1. The quantitative estimate of drug-likeness (QED) is 0.378. The van der Waals surface area contributed by atoms with E-state index in [0.29, 0.717) is 41.1 Å². The molecule has 0 aromatic carbocycles. The number of nitrogens with two attached hydrogens (primary N) is 1. The van der Waals surface area contributed by atoms with Crippen molar-refractivity contribution in [1.29, 1.82) is 0 Å². The van der Waals surface area contributed by atoms with Crippen LogP contribution >= 0.6 is 0 Å². The van der Waals surface area contributed by atoms with Crippen LogP contribution in [0.15, 0.2) is 18.5 Å². The fourth-order valence-electron chi connectivity index (χ4n) is 3.01. The fraction of sp³-hybridized carbons (Fsp3) is 0.409. The number of alkyl carbamates (subject to hydrolysis) is 1. The van der Waals surface area contributed by atoms with Gasteiger partial charge < -0.3 is 26.1 Å². The number of ketones is 1. The summed E-state index contributed by atoms with van der Waals surface area (Å²) < 4.78 is 4.61. The van der Waals surface area contributed by atoms with Gasteiger partial charge >= 0.3 is 6.09 Å². The van der Waals surface area contributed by atoms with Crippen LogP contribution in [-0.4, -0.2) is 61.5 Å². The Morgan fingerprint density at radius 2 is 1.91 bits per heavy atom. The van der Waals surface area contributed by atoms with Crippen molar-refractivity contribution in [3.8, 4) is 22.8 Å². The number of nitrogen functional groups attached to an aromatic ring is 1. The van der Waals surface area contributed by atoms with Gasteiger partial charge in [-0.2, -0.15) is 0 Å². The number of anilines is 2. The number of ether oxygens (including phenoxy) is 1. The molecule has 12 nitrogen and oxygen atoms in total. The van der Waals surface area contributed by atoms with Gasteiger partial charge in [-0.25, -0.2) is 29.7 Å². The zero-order valence-electron chi connectivity index (χ0n) is 20.1. The standard InChI is InChI=1S/C22H29N9O3/c1-11(27-21(33)34-6)9-26-20-24-8-7-13(29-20)16-17(31-19(30-16)22(3,4)5)14-10-25-18(23)15(28-14)12(2)32/h7-8,10-11H,9H2,1-6H3,(H2,23,25)(H,27,33)(H,30,31)(H,24,26,29)/t11-/m0/s1. The molecule has 0 unspecified atom stereocenters. The van der Waals surface area contributed by atoms with Crippen LogP contribution in [0.25, 0.3) is 22.8 Å². The number of carbonyl (C=O) groups is 2. The van der Waals surface area contributed by atoms with E-state index in [2.05, 4.69) is 40.3 Å². The van der Waals surface area contributed by atoms with Crippen molar-refractivity contribution in [3.63, 3.8) is 0 Å². The lowest BCUT2D eigenvalue weighted by atomic mass is 9.96. The molecule has 3 rings (SSSR count). The summed E-state index contributed by atoms with van der Waals surface area (Å²) in [5, 5.41) is 5.76. The Kier molecular flexibility index (Phi) is 7.08. The molecule has 0 spiro atoms. The normalized spacial score (nSPS) is 12.2. The molecule has 34 heavy (non-hydrogen) atoms. The molecular formula is C22H29N9O3. The predicted molar refractivity (Wildman–Crippen MR) is 127 cm³/mol. The number of H-pyrrole nitrogens is 1. The third kappa shape index (κ3) is 5.63. The van der Waals surface area contributed by atoms with Crippen LogP contribution in [0.5, 0.6) is 0 Å². The van der Waals surface area contributed by atoms with E-state index in [1.807, 2.05) is 27.7 Å². The molecule has 0 saturated heterocycles. The zero-order chi connectivity index (χ0) is 25.0. The average molecular weight is 468 g/mol. The number of nitrogens with zero attached hydrogens (tertiary/aromatic N) is 5. The first kappa shape index (κ1) is 24.6. The summed E-state index contributed by atoms with van der Waals surface area (Å²) in [7, 11) is 1.31. The van der Waals surface area contributed by atoms with Crippen LogP contribution in [0.1, 0.15) is 50.9 Å². The monoisotopic (exact) mass is 467 g/mol. The number of imidazole rings is 1. The molecule has 0 aliphatic heterocycles. The number of amides is 1. The molecule has 1 atom stereocenters. The number of rotatable bonds is 7. The number of Topliss-reactive ketones (excluding diaryl/α,β-unsaturated/α-hetero) is 1. The van der Waals surface area contributed by atoms with Crippen LogP contribution in [0, 0.1) is 0 Å². The van der Waals surface area contributed by atoms with E-state index in [0.717, 1.165) is 0 Å². The smallest absolute Gasteiger partial charge is 0.407 e. The Bertz CT molecular complexity index is 1200. The van der Waals surface area contributed by atoms with Crippen molar-refractivity contribution < 1.29 is 14.3 Å². The maximum atomic E-state index is 12.0. The molecule has 3 aromatic heterocycles. The molecule has 180 valence electrons. The molecule has 3 heterocycles. The summed E-state index contributed by atoms with van der Waals surface area (Å²) in [6, 6.07) is 1.52. The Hall–Kier alpha value is -4.09. The van der Waals surface area contributed by atoms with E-state index in [4.69, 9.17) is 10.7 Å². The Labute approximate surface area is 197 Å². The van der Waals surface area contributed by atoms with Crippen LogP contribution in [0.3, 0.4) is 0 Å². The van der Waals surface area contributed by atoms with Gasteiger partial charge in [0, 0.05) is 31.1 Å². The molecule has 0 radical (unpaired) electrons. The third-order valence-corrected chi connectivity index (χ3v) is 4.82. The van der Waals surface area contributed by atoms with Crippen LogP contribution in [0.4, 0.5) is 16.6 Å². The van der Waals surface area contributed by atoms with Crippen molar-refractivity contribution in [3.05, 3.63) is 30.0 Å². The minimum Gasteiger partial charge on any atom is -0.453 e. The lowest BCUT2D eigenvalue weighted by Gasteiger charge is -2.14. The molecule has 0 saturated carbocycles. The predicted octanol–water partition coefficient (Wildman–Crippen LogP) is 2.56. The molecule has 12 heteroatoms. The first-order valence-corrected chi connectivity index (χ1v) is 10.7. The van der Waals surface area contributed by atoms with Crippen LogP contribution in [0.2, 0.25) is 0 Å². The lowest BCUT2D eigenvalue weighted by Crippen LogP contribution is -2.37. The molecule has 0 aliphatic rings. The maximum absolute atomic E-state index is 12.0. The highest BCUT2D eigenvalue weighted by Crippen LogP contribution is 2.32. The highest BCUT2D eigenvalue weighted by molar-refractivity contribution is 5.96. The van der Waals surface area contributed by atoms with Gasteiger partial charge in [-0.05, 0) is 13.0 Å². The minimum absolute atomic E-state index is 0.0626. The fourth-order valence-corrected chi connectivity index (χ4v) is 3.01. The van der Waals surface area contributed by atoms with Crippen molar-refractivity contribution in [2.75, 3.05) is 24.7 Å². The number of aromatic nitrogens is 6. The van der Waals surface area contributed by atoms with E-state index in [1.165, 1.54) is 20.2 Å². The highest BCUT2D eigenvalue weighted by atomic mass is 16.5. The van der Waals surface area contributed by atoms with Gasteiger partial charge in [-0.1, -0.05) is 20.8 Å². The summed E-state index contributed by atoms with van der Waals surface area (Å²) >= 11 is 0. The topological polar surface area (TPSA) is 174 Å². The molecule has 0 aliphatic carbocycles. The first-order chi connectivity index (χ1) is 16.0. The lowest BCUT2D eigenvalue weighted by molar-refractivity contribution is 0.101. The molecule has 1 amide bonds. The van der Waals surface area contributed by atoms with Crippen molar-refractivity contribution >= 4 is 23.6 Å². The summed E-state index contributed by atoms with van der Waals surface area (Å²) in [6.07, 6.45) is 2.57. The van der Waals surface area contributed by atoms with Gasteiger partial charge in [0.1, 0.15) is 22.9 Å². The third-order valence-electron chi connectivity index (χ3n) is 4.82.